The normalized spacial score (nSPS) is 12.8. The minimum absolute atomic E-state index is 0.0752. The van der Waals surface area contributed by atoms with Crippen LogP contribution in [0.5, 0.6) is 0 Å². The van der Waals surface area contributed by atoms with E-state index in [0.717, 1.165) is 18.4 Å². The molecular formula is C23H32N4O5. The van der Waals surface area contributed by atoms with Crippen LogP contribution in [-0.4, -0.2) is 40.0 Å². The number of amides is 3. The standard InChI is InChI=1S/C23H32N4O5/c1-5-6-7-17(12-27(31)14-28)21(29)26-20(15(2)3)23-25-19(13-32-23)22(30)24-18-10-8-16(4)9-11-18/h8-11,13-15,17,20,31H,5-7,12H2,1-4H3,(H,24,30)(H,26,29)/t17-,20+/m1/s1. The molecule has 9 nitrogen and oxygen atoms in total. The second-order valence-corrected chi connectivity index (χ2v) is 8.19. The quantitative estimate of drug-likeness (QED) is 0.260. The Balaban J connectivity index is 2.11. The van der Waals surface area contributed by atoms with Crippen LogP contribution in [0, 0.1) is 18.8 Å². The molecule has 0 saturated heterocycles. The highest BCUT2D eigenvalue weighted by molar-refractivity contribution is 6.02. The van der Waals surface area contributed by atoms with Crippen molar-refractivity contribution >= 4 is 23.9 Å². The highest BCUT2D eigenvalue weighted by Gasteiger charge is 2.28. The summed E-state index contributed by atoms with van der Waals surface area (Å²) >= 11 is 0. The van der Waals surface area contributed by atoms with Crippen LogP contribution < -0.4 is 10.6 Å². The zero-order valence-electron chi connectivity index (χ0n) is 19.0. The third kappa shape index (κ3) is 7.19. The van der Waals surface area contributed by atoms with Gasteiger partial charge in [0, 0.05) is 5.69 Å². The lowest BCUT2D eigenvalue weighted by Gasteiger charge is -2.24. The van der Waals surface area contributed by atoms with E-state index in [1.165, 1.54) is 6.26 Å². The molecule has 3 N–H and O–H groups in total. The Labute approximate surface area is 188 Å². The van der Waals surface area contributed by atoms with Gasteiger partial charge in [0.2, 0.25) is 18.2 Å². The minimum atomic E-state index is -0.578. The van der Waals surface area contributed by atoms with Crippen LogP contribution in [-0.2, 0) is 9.59 Å². The average molecular weight is 445 g/mol. The number of hydroxylamine groups is 2. The number of rotatable bonds is 12. The number of carbonyl (C=O) groups is 3. The monoisotopic (exact) mass is 444 g/mol. The summed E-state index contributed by atoms with van der Waals surface area (Å²) in [6.45, 7) is 7.64. The first-order valence-electron chi connectivity index (χ1n) is 10.8. The molecule has 0 saturated carbocycles. The van der Waals surface area contributed by atoms with Crippen LogP contribution >= 0.6 is 0 Å². The molecule has 0 aliphatic rings. The number of nitrogens with one attached hydrogen (secondary N) is 2. The van der Waals surface area contributed by atoms with Crippen molar-refractivity contribution in [2.24, 2.45) is 11.8 Å². The van der Waals surface area contributed by atoms with E-state index in [0.29, 0.717) is 17.2 Å². The first-order chi connectivity index (χ1) is 15.2. The fourth-order valence-electron chi connectivity index (χ4n) is 3.18. The van der Waals surface area contributed by atoms with E-state index in [1.807, 2.05) is 39.8 Å². The Bertz CT molecular complexity index is 894. The summed E-state index contributed by atoms with van der Waals surface area (Å²) in [6, 6.07) is 6.80. The summed E-state index contributed by atoms with van der Waals surface area (Å²) in [5.74, 6) is -1.17. The smallest absolute Gasteiger partial charge is 0.277 e. The van der Waals surface area contributed by atoms with Crippen molar-refractivity contribution in [2.75, 3.05) is 11.9 Å². The second-order valence-electron chi connectivity index (χ2n) is 8.19. The van der Waals surface area contributed by atoms with Crippen LogP contribution in [0.15, 0.2) is 34.9 Å². The van der Waals surface area contributed by atoms with E-state index in [1.54, 1.807) is 12.1 Å². The number of nitrogens with zero attached hydrogens (tertiary/aromatic N) is 2. The van der Waals surface area contributed by atoms with Gasteiger partial charge in [-0.15, -0.1) is 0 Å². The largest absolute Gasteiger partial charge is 0.446 e. The predicted molar refractivity (Wildman–Crippen MR) is 119 cm³/mol. The van der Waals surface area contributed by atoms with Gasteiger partial charge in [-0.05, 0) is 31.4 Å². The molecule has 0 aliphatic carbocycles. The molecule has 0 spiro atoms. The van der Waals surface area contributed by atoms with Crippen LogP contribution in [0.3, 0.4) is 0 Å². The van der Waals surface area contributed by atoms with E-state index in [2.05, 4.69) is 15.6 Å². The highest BCUT2D eigenvalue weighted by atomic mass is 16.5. The lowest BCUT2D eigenvalue weighted by molar-refractivity contribution is -0.154. The first kappa shape index (κ1) is 25.1. The number of anilines is 1. The zero-order valence-corrected chi connectivity index (χ0v) is 19.0. The summed E-state index contributed by atoms with van der Waals surface area (Å²) in [6.07, 6.45) is 3.71. The lowest BCUT2D eigenvalue weighted by atomic mass is 9.98. The van der Waals surface area contributed by atoms with Crippen LogP contribution in [0.1, 0.15) is 68.0 Å². The van der Waals surface area contributed by atoms with Crippen molar-refractivity contribution in [1.82, 2.24) is 15.4 Å². The highest BCUT2D eigenvalue weighted by Crippen LogP contribution is 2.23. The maximum Gasteiger partial charge on any atom is 0.277 e. The minimum Gasteiger partial charge on any atom is -0.446 e. The molecule has 0 fully saturated rings. The third-order valence-electron chi connectivity index (χ3n) is 5.10. The van der Waals surface area contributed by atoms with Crippen LogP contribution in [0.25, 0.3) is 0 Å². The fraction of sp³-hybridized carbons (Fsp3) is 0.478. The Morgan fingerprint density at radius 1 is 1.25 bits per heavy atom. The van der Waals surface area contributed by atoms with Gasteiger partial charge in [0.1, 0.15) is 12.3 Å². The summed E-state index contributed by atoms with van der Waals surface area (Å²) in [4.78, 5) is 40.5. The fourth-order valence-corrected chi connectivity index (χ4v) is 3.18. The van der Waals surface area contributed by atoms with E-state index in [4.69, 9.17) is 4.42 Å². The van der Waals surface area contributed by atoms with Gasteiger partial charge < -0.3 is 15.1 Å². The molecule has 0 aliphatic heterocycles. The SMILES string of the molecule is CCCC[C@H](CN(O)C=O)C(=O)N[C@H](c1nc(C(=O)Nc2ccc(C)cc2)co1)C(C)C. The molecule has 1 heterocycles. The molecule has 3 amide bonds. The van der Waals surface area contributed by atoms with Crippen LogP contribution in [0.2, 0.25) is 0 Å². The maximum atomic E-state index is 12.9. The Morgan fingerprint density at radius 3 is 2.53 bits per heavy atom. The number of carbonyl (C=O) groups excluding carboxylic acids is 3. The van der Waals surface area contributed by atoms with E-state index < -0.39 is 17.9 Å². The number of unbranched alkanes of at least 4 members (excludes halogenated alkanes) is 1. The Hall–Kier alpha value is -3.20. The molecule has 174 valence electrons. The van der Waals surface area contributed by atoms with E-state index in [-0.39, 0.29) is 36.4 Å². The zero-order chi connectivity index (χ0) is 23.7. The summed E-state index contributed by atoms with van der Waals surface area (Å²) < 4.78 is 5.53. The Morgan fingerprint density at radius 2 is 1.94 bits per heavy atom. The van der Waals surface area contributed by atoms with Crippen molar-refractivity contribution in [3.63, 3.8) is 0 Å². The number of oxazole rings is 1. The van der Waals surface area contributed by atoms with Gasteiger partial charge in [0.05, 0.1) is 12.5 Å². The Kier molecular flexibility index (Phi) is 9.39. The number of aromatic nitrogens is 1. The van der Waals surface area contributed by atoms with Crippen molar-refractivity contribution in [3.05, 3.63) is 47.7 Å². The third-order valence-corrected chi connectivity index (χ3v) is 5.10. The van der Waals surface area contributed by atoms with Crippen molar-refractivity contribution in [2.45, 2.75) is 53.0 Å². The molecule has 2 atom stereocenters. The summed E-state index contributed by atoms with van der Waals surface area (Å²) in [5.41, 5.74) is 1.82. The van der Waals surface area contributed by atoms with Gasteiger partial charge in [0.15, 0.2) is 5.69 Å². The number of benzene rings is 1. The first-order valence-corrected chi connectivity index (χ1v) is 10.8. The van der Waals surface area contributed by atoms with Gasteiger partial charge in [-0.2, -0.15) is 0 Å². The van der Waals surface area contributed by atoms with E-state index >= 15 is 0 Å². The van der Waals surface area contributed by atoms with Crippen LogP contribution in [0.4, 0.5) is 5.69 Å². The van der Waals surface area contributed by atoms with Gasteiger partial charge in [-0.25, -0.2) is 10.0 Å². The predicted octanol–water partition coefficient (Wildman–Crippen LogP) is 3.70. The number of hydrogen-bond donors (Lipinski definition) is 3. The molecule has 1 aromatic heterocycles. The molecule has 0 radical (unpaired) electrons. The molecule has 0 bridgehead atoms. The van der Waals surface area contributed by atoms with Crippen molar-refractivity contribution in [3.8, 4) is 0 Å². The lowest BCUT2D eigenvalue weighted by Crippen LogP contribution is -2.40. The molecule has 2 aromatic rings. The molecule has 2 rings (SSSR count). The maximum absolute atomic E-state index is 12.9. The topological polar surface area (TPSA) is 125 Å². The van der Waals surface area contributed by atoms with Gasteiger partial charge >= 0.3 is 0 Å². The number of hydrogen-bond acceptors (Lipinski definition) is 6. The summed E-state index contributed by atoms with van der Waals surface area (Å²) in [7, 11) is 0. The molecule has 9 heteroatoms. The van der Waals surface area contributed by atoms with Crippen molar-refractivity contribution in [1.29, 1.82) is 0 Å². The molecule has 0 unspecified atom stereocenters. The van der Waals surface area contributed by atoms with Crippen molar-refractivity contribution < 1.29 is 24.0 Å². The van der Waals surface area contributed by atoms with Gasteiger partial charge in [-0.3, -0.25) is 19.6 Å². The number of aryl methyl sites for hydroxylation is 1. The van der Waals surface area contributed by atoms with E-state index in [9.17, 15) is 19.6 Å². The summed E-state index contributed by atoms with van der Waals surface area (Å²) in [5, 5.41) is 15.7. The molecule has 1 aromatic carbocycles. The molecule has 32 heavy (non-hydrogen) atoms. The van der Waals surface area contributed by atoms with Gasteiger partial charge in [0.25, 0.3) is 5.91 Å². The van der Waals surface area contributed by atoms with Gasteiger partial charge in [-0.1, -0.05) is 51.3 Å². The molecular weight excluding hydrogens is 412 g/mol. The second kappa shape index (κ2) is 12.0. The average Bonchev–Trinajstić information content (AvgIpc) is 3.25.